The molecule has 0 aromatic heterocycles. The second kappa shape index (κ2) is 5.99. The summed E-state index contributed by atoms with van der Waals surface area (Å²) in [6.07, 6.45) is 10.3. The van der Waals surface area contributed by atoms with E-state index in [2.05, 4.69) is 11.8 Å². The van der Waals surface area contributed by atoms with Crippen molar-refractivity contribution >= 4 is 10.0 Å². The van der Waals surface area contributed by atoms with Crippen molar-refractivity contribution in [3.63, 3.8) is 0 Å². The quantitative estimate of drug-likeness (QED) is 0.773. The van der Waals surface area contributed by atoms with Gasteiger partial charge in [0.2, 0.25) is 10.0 Å². The molecule has 4 saturated carbocycles. The highest BCUT2D eigenvalue weighted by atomic mass is 32.2. The first-order valence-corrected chi connectivity index (χ1v) is 11.3. The smallest absolute Gasteiger partial charge is 0.214 e. The minimum atomic E-state index is -3.02. The maximum atomic E-state index is 12.4. The molecule has 0 aromatic carbocycles. The fourth-order valence-corrected chi connectivity index (χ4v) is 7.98. The van der Waals surface area contributed by atoms with Crippen LogP contribution in [0.2, 0.25) is 0 Å². The first-order valence-electron chi connectivity index (χ1n) is 9.74. The molecule has 0 radical (unpaired) electrons. The molecule has 5 aliphatic rings. The fraction of sp³-hybridized carbons (Fsp3) is 1.00. The molecule has 0 aromatic rings. The molecule has 0 spiro atoms. The largest absolute Gasteiger partial charge is 0.295 e. The molecule has 4 aliphatic carbocycles. The Morgan fingerprint density at radius 2 is 1.43 bits per heavy atom. The van der Waals surface area contributed by atoms with Crippen LogP contribution in [0.15, 0.2) is 0 Å². The van der Waals surface area contributed by atoms with Crippen LogP contribution in [0.3, 0.4) is 0 Å². The van der Waals surface area contributed by atoms with Crippen LogP contribution in [0, 0.1) is 17.8 Å². The Bertz CT molecular complexity index is 502. The lowest BCUT2D eigenvalue weighted by atomic mass is 9.52. The van der Waals surface area contributed by atoms with Crippen LogP contribution < -0.4 is 0 Å². The maximum absolute atomic E-state index is 12.4. The van der Waals surface area contributed by atoms with Gasteiger partial charge >= 0.3 is 0 Å². The number of hydrogen-bond donors (Lipinski definition) is 0. The van der Waals surface area contributed by atoms with Crippen molar-refractivity contribution < 1.29 is 8.42 Å². The van der Waals surface area contributed by atoms with E-state index in [1.54, 1.807) is 4.31 Å². The zero-order valence-electron chi connectivity index (χ0n) is 14.5. The van der Waals surface area contributed by atoms with Crippen molar-refractivity contribution in [2.75, 3.05) is 31.9 Å². The number of unbranched alkanes of at least 4 members (excludes halogenated alkanes) is 1. The monoisotopic (exact) mass is 340 g/mol. The number of piperazine rings is 1. The van der Waals surface area contributed by atoms with Crippen molar-refractivity contribution in [2.24, 2.45) is 17.8 Å². The van der Waals surface area contributed by atoms with Crippen molar-refractivity contribution in [3.05, 3.63) is 0 Å². The molecule has 4 bridgehead atoms. The predicted octanol–water partition coefficient (Wildman–Crippen LogP) is 2.70. The molecule has 132 valence electrons. The van der Waals surface area contributed by atoms with Crippen molar-refractivity contribution in [3.8, 4) is 0 Å². The standard InChI is InChI=1S/C18H32N2O2S/c1-2-3-8-23(21,22)20-6-4-19(5-7-20)18-12-15-9-16(13-18)11-17(10-15)14-18/h15-17H,2-14H2,1H3. The molecular formula is C18H32N2O2S. The van der Waals surface area contributed by atoms with Gasteiger partial charge in [-0.15, -0.1) is 0 Å². The number of sulfonamides is 1. The second-order valence-corrected chi connectivity index (χ2v) is 10.8. The van der Waals surface area contributed by atoms with Crippen LogP contribution in [0.4, 0.5) is 0 Å². The van der Waals surface area contributed by atoms with Crippen molar-refractivity contribution in [1.82, 2.24) is 9.21 Å². The van der Waals surface area contributed by atoms with Crippen molar-refractivity contribution in [1.29, 1.82) is 0 Å². The molecule has 1 heterocycles. The maximum Gasteiger partial charge on any atom is 0.214 e. The normalized spacial score (nSPS) is 41.5. The van der Waals surface area contributed by atoms with Crippen LogP contribution >= 0.6 is 0 Å². The predicted molar refractivity (Wildman–Crippen MR) is 92.7 cm³/mol. The second-order valence-electron chi connectivity index (χ2n) is 8.70. The Morgan fingerprint density at radius 1 is 0.913 bits per heavy atom. The topological polar surface area (TPSA) is 40.6 Å². The van der Waals surface area contributed by atoms with Crippen molar-refractivity contribution in [2.45, 2.75) is 63.8 Å². The highest BCUT2D eigenvalue weighted by Crippen LogP contribution is 2.57. The molecule has 23 heavy (non-hydrogen) atoms. The average Bonchev–Trinajstić information content (AvgIpc) is 2.52. The Hall–Kier alpha value is -0.130. The van der Waals surface area contributed by atoms with E-state index in [1.807, 2.05) is 0 Å². The Labute approximate surface area is 141 Å². The lowest BCUT2D eigenvalue weighted by Crippen LogP contribution is -2.64. The van der Waals surface area contributed by atoms with Crippen LogP contribution in [-0.4, -0.2) is 55.1 Å². The van der Waals surface area contributed by atoms with Gasteiger partial charge in [0.25, 0.3) is 0 Å². The summed E-state index contributed by atoms with van der Waals surface area (Å²) in [5, 5.41) is 0. The Balaban J connectivity index is 1.40. The third kappa shape index (κ3) is 2.98. The summed E-state index contributed by atoms with van der Waals surface area (Å²) in [4.78, 5) is 2.70. The summed E-state index contributed by atoms with van der Waals surface area (Å²) in [7, 11) is -3.02. The van der Waals surface area contributed by atoms with E-state index in [1.165, 1.54) is 38.5 Å². The number of rotatable bonds is 5. The first kappa shape index (κ1) is 16.3. The summed E-state index contributed by atoms with van der Waals surface area (Å²) < 4.78 is 26.6. The van der Waals surface area contributed by atoms with Crippen LogP contribution in [0.1, 0.15) is 58.3 Å². The van der Waals surface area contributed by atoms with Gasteiger partial charge in [-0.2, -0.15) is 4.31 Å². The molecule has 0 atom stereocenters. The third-order valence-corrected chi connectivity index (χ3v) is 9.02. The average molecular weight is 341 g/mol. The van der Waals surface area contributed by atoms with Crippen LogP contribution in [-0.2, 0) is 10.0 Å². The summed E-state index contributed by atoms with van der Waals surface area (Å²) in [6.45, 7) is 5.40. The third-order valence-electron chi connectivity index (χ3n) is 7.06. The van der Waals surface area contributed by atoms with Gasteiger partial charge in [-0.1, -0.05) is 13.3 Å². The number of hydrogen-bond acceptors (Lipinski definition) is 3. The molecule has 5 fully saturated rings. The highest BCUT2D eigenvalue weighted by molar-refractivity contribution is 7.89. The molecule has 1 saturated heterocycles. The molecule has 0 N–H and O–H groups in total. The van der Waals surface area contributed by atoms with Gasteiger partial charge in [0.15, 0.2) is 0 Å². The lowest BCUT2D eigenvalue weighted by molar-refractivity contribution is -0.0964. The van der Waals surface area contributed by atoms with Gasteiger partial charge < -0.3 is 0 Å². The zero-order valence-corrected chi connectivity index (χ0v) is 15.4. The summed E-state index contributed by atoms with van der Waals surface area (Å²) in [5.74, 6) is 3.23. The van der Waals surface area contributed by atoms with E-state index in [9.17, 15) is 8.42 Å². The Kier molecular flexibility index (Phi) is 4.26. The summed E-state index contributed by atoms with van der Waals surface area (Å²) in [5.41, 5.74) is 0.439. The first-order chi connectivity index (χ1) is 11.0. The zero-order chi connectivity index (χ0) is 16.1. The van der Waals surface area contributed by atoms with E-state index in [0.717, 1.165) is 43.7 Å². The SMILES string of the molecule is CCCCS(=O)(=O)N1CCN(C23CC4CC(CC(C4)C2)C3)CC1. The van der Waals surface area contributed by atoms with Crippen LogP contribution in [0.5, 0.6) is 0 Å². The van der Waals surface area contributed by atoms with E-state index >= 15 is 0 Å². The molecule has 5 heteroatoms. The van der Waals surface area contributed by atoms with Gasteiger partial charge in [0.1, 0.15) is 0 Å². The summed E-state index contributed by atoms with van der Waals surface area (Å²) in [6, 6.07) is 0. The fourth-order valence-electron chi connectivity index (χ4n) is 6.35. The summed E-state index contributed by atoms with van der Waals surface area (Å²) >= 11 is 0. The van der Waals surface area contributed by atoms with Crippen LogP contribution in [0.25, 0.3) is 0 Å². The van der Waals surface area contributed by atoms with E-state index < -0.39 is 10.0 Å². The van der Waals surface area contributed by atoms with E-state index in [4.69, 9.17) is 0 Å². The number of nitrogens with zero attached hydrogens (tertiary/aromatic N) is 2. The van der Waals surface area contributed by atoms with E-state index in [-0.39, 0.29) is 0 Å². The molecule has 5 rings (SSSR count). The van der Waals surface area contributed by atoms with Gasteiger partial charge in [-0.25, -0.2) is 8.42 Å². The highest BCUT2D eigenvalue weighted by Gasteiger charge is 2.53. The molecule has 0 unspecified atom stereocenters. The van der Waals surface area contributed by atoms with Gasteiger partial charge in [-0.05, 0) is 62.7 Å². The van der Waals surface area contributed by atoms with E-state index in [0.29, 0.717) is 24.4 Å². The van der Waals surface area contributed by atoms with Gasteiger partial charge in [0.05, 0.1) is 5.75 Å². The minimum Gasteiger partial charge on any atom is -0.295 e. The minimum absolute atomic E-state index is 0.334. The Morgan fingerprint density at radius 3 is 1.91 bits per heavy atom. The molecule has 1 aliphatic heterocycles. The van der Waals surface area contributed by atoms with Gasteiger partial charge in [-0.3, -0.25) is 4.90 Å². The molecule has 0 amide bonds. The molecular weight excluding hydrogens is 308 g/mol. The van der Waals surface area contributed by atoms with Gasteiger partial charge in [0, 0.05) is 31.7 Å². The lowest BCUT2D eigenvalue weighted by Gasteiger charge is -2.61. The molecule has 4 nitrogen and oxygen atoms in total.